The lowest BCUT2D eigenvalue weighted by atomic mass is 10.0. The lowest BCUT2D eigenvalue weighted by molar-refractivity contribution is -0.161. The van der Waals surface area contributed by atoms with E-state index in [4.69, 9.17) is 19.3 Å². The Labute approximate surface area is 333 Å². The average molecular weight is 787 g/mol. The first kappa shape index (κ1) is 52.8. The third kappa shape index (κ3) is 43.5. The van der Waals surface area contributed by atoms with E-state index < -0.39 is 32.5 Å². The molecular weight excluding hydrogens is 699 g/mol. The van der Waals surface area contributed by atoms with Crippen LogP contribution in [0, 0.1) is 0 Å². The van der Waals surface area contributed by atoms with Gasteiger partial charge in [-0.05, 0) is 38.5 Å². The first-order valence-electron chi connectivity index (χ1n) is 23.0. The van der Waals surface area contributed by atoms with Crippen molar-refractivity contribution in [3.63, 3.8) is 0 Å². The lowest BCUT2D eigenvalue weighted by Gasteiger charge is -2.18. The normalized spacial score (nSPS) is 12.4. The Kier molecular flexibility index (Phi) is 40.5. The molecule has 0 radical (unpaired) electrons. The molecule has 0 aliphatic rings. The van der Waals surface area contributed by atoms with Crippen LogP contribution in [0.3, 0.4) is 0 Å². The van der Waals surface area contributed by atoms with Crippen LogP contribution in [0.25, 0.3) is 0 Å². The summed E-state index contributed by atoms with van der Waals surface area (Å²) in [6.07, 6.45) is 46.5. The van der Waals surface area contributed by atoms with E-state index in [0.29, 0.717) is 6.42 Å². The summed E-state index contributed by atoms with van der Waals surface area (Å²) < 4.78 is 26.5. The van der Waals surface area contributed by atoms with E-state index in [0.717, 1.165) is 44.9 Å². The van der Waals surface area contributed by atoms with E-state index in [1.807, 2.05) is 0 Å². The van der Waals surface area contributed by atoms with Crippen molar-refractivity contribution >= 4 is 19.8 Å². The molecule has 0 aliphatic carbocycles. The minimum Gasteiger partial charge on any atom is -0.462 e. The van der Waals surface area contributed by atoms with Crippen molar-refractivity contribution in [3.05, 3.63) is 12.2 Å². The highest BCUT2D eigenvalue weighted by molar-refractivity contribution is 7.46. The van der Waals surface area contributed by atoms with Gasteiger partial charge in [-0.3, -0.25) is 14.1 Å². The van der Waals surface area contributed by atoms with Crippen molar-refractivity contribution in [1.29, 1.82) is 0 Å². The van der Waals surface area contributed by atoms with Crippen LogP contribution in [0.5, 0.6) is 0 Å². The summed E-state index contributed by atoms with van der Waals surface area (Å²) in [6, 6.07) is 0. The fourth-order valence-corrected chi connectivity index (χ4v) is 7.20. The van der Waals surface area contributed by atoms with Gasteiger partial charge in [-0.15, -0.1) is 0 Å². The van der Waals surface area contributed by atoms with Crippen LogP contribution in [-0.2, 0) is 28.2 Å². The second-order valence-electron chi connectivity index (χ2n) is 15.7. The van der Waals surface area contributed by atoms with Crippen molar-refractivity contribution in [2.75, 3.05) is 13.2 Å². The van der Waals surface area contributed by atoms with Gasteiger partial charge in [0.25, 0.3) is 0 Å². The van der Waals surface area contributed by atoms with Gasteiger partial charge < -0.3 is 19.3 Å². The zero-order chi connectivity index (χ0) is 39.6. The second-order valence-corrected chi connectivity index (χ2v) is 17.0. The molecule has 0 bridgehead atoms. The minimum atomic E-state index is -4.75. The summed E-state index contributed by atoms with van der Waals surface area (Å²) in [7, 11) is -4.75. The molecule has 320 valence electrons. The first-order valence-corrected chi connectivity index (χ1v) is 24.5. The predicted octanol–water partition coefficient (Wildman–Crippen LogP) is 14.2. The molecule has 0 aromatic rings. The van der Waals surface area contributed by atoms with E-state index >= 15 is 0 Å². The van der Waals surface area contributed by atoms with Crippen molar-refractivity contribution in [3.8, 4) is 0 Å². The molecule has 1 atom stereocenters. The molecule has 0 saturated carbocycles. The molecule has 0 fully saturated rings. The Morgan fingerprint density at radius 1 is 0.463 bits per heavy atom. The zero-order valence-electron chi connectivity index (χ0n) is 35.4. The highest BCUT2D eigenvalue weighted by atomic mass is 31.2. The average Bonchev–Trinajstić information content (AvgIpc) is 3.14. The Morgan fingerprint density at radius 3 is 1.13 bits per heavy atom. The Hall–Kier alpha value is -1.21. The minimum absolute atomic E-state index is 0.217. The predicted molar refractivity (Wildman–Crippen MR) is 226 cm³/mol. The van der Waals surface area contributed by atoms with Gasteiger partial charge in [0, 0.05) is 12.8 Å². The van der Waals surface area contributed by atoms with E-state index in [1.165, 1.54) is 167 Å². The molecule has 2 N–H and O–H groups in total. The monoisotopic (exact) mass is 787 g/mol. The molecular formula is C45H87O8P. The molecule has 0 aromatic heterocycles. The van der Waals surface area contributed by atoms with Crippen LogP contribution >= 0.6 is 7.82 Å². The molecule has 8 nitrogen and oxygen atoms in total. The van der Waals surface area contributed by atoms with Crippen LogP contribution in [0.15, 0.2) is 12.2 Å². The van der Waals surface area contributed by atoms with Crippen molar-refractivity contribution in [1.82, 2.24) is 0 Å². The van der Waals surface area contributed by atoms with Gasteiger partial charge in [-0.2, -0.15) is 0 Å². The number of carbonyl (C=O) groups is 2. The van der Waals surface area contributed by atoms with Crippen molar-refractivity contribution < 1.29 is 37.9 Å². The quantitative estimate of drug-likeness (QED) is 0.0271. The largest absolute Gasteiger partial charge is 0.469 e. The van der Waals surface area contributed by atoms with Gasteiger partial charge in [-0.25, -0.2) is 4.57 Å². The van der Waals surface area contributed by atoms with E-state index in [9.17, 15) is 14.2 Å². The van der Waals surface area contributed by atoms with Gasteiger partial charge in [0.05, 0.1) is 6.61 Å². The molecule has 0 unspecified atom stereocenters. The Morgan fingerprint density at radius 2 is 0.778 bits per heavy atom. The van der Waals surface area contributed by atoms with Gasteiger partial charge in [-0.1, -0.05) is 206 Å². The summed E-state index contributed by atoms with van der Waals surface area (Å²) in [5.74, 6) is -0.875. The SMILES string of the molecule is CCCCCCCC/C=C/CCCCCCCCCC(=O)OC[C@H](COP(=O)(O)O)OC(=O)CCCCCCCCCCCCCCCCCCCCC. The second kappa shape index (κ2) is 41.4. The molecule has 0 heterocycles. The molecule has 9 heteroatoms. The number of esters is 2. The van der Waals surface area contributed by atoms with Crippen LogP contribution in [-0.4, -0.2) is 41.0 Å². The first-order chi connectivity index (χ1) is 26.3. The van der Waals surface area contributed by atoms with E-state index in [2.05, 4.69) is 30.5 Å². The number of carbonyl (C=O) groups excluding carboxylic acids is 2. The van der Waals surface area contributed by atoms with Crippen molar-refractivity contribution in [2.24, 2.45) is 0 Å². The smallest absolute Gasteiger partial charge is 0.462 e. The maximum absolute atomic E-state index is 12.4. The highest BCUT2D eigenvalue weighted by Crippen LogP contribution is 2.36. The number of ether oxygens (including phenoxy) is 2. The number of hydrogen-bond donors (Lipinski definition) is 2. The summed E-state index contributed by atoms with van der Waals surface area (Å²) in [4.78, 5) is 42.9. The van der Waals surface area contributed by atoms with Crippen LogP contribution in [0.2, 0.25) is 0 Å². The fourth-order valence-electron chi connectivity index (χ4n) is 6.84. The van der Waals surface area contributed by atoms with Crippen LogP contribution < -0.4 is 0 Å². The molecule has 0 aliphatic heterocycles. The molecule has 0 saturated heterocycles. The summed E-state index contributed by atoms with van der Waals surface area (Å²) in [6.45, 7) is 3.72. The summed E-state index contributed by atoms with van der Waals surface area (Å²) in [5, 5.41) is 0. The van der Waals surface area contributed by atoms with Crippen molar-refractivity contribution in [2.45, 2.75) is 251 Å². The number of allylic oxidation sites excluding steroid dienone is 2. The van der Waals surface area contributed by atoms with E-state index in [-0.39, 0.29) is 19.4 Å². The fraction of sp³-hybridized carbons (Fsp3) is 0.911. The summed E-state index contributed by atoms with van der Waals surface area (Å²) >= 11 is 0. The van der Waals surface area contributed by atoms with Gasteiger partial charge >= 0.3 is 19.8 Å². The number of unbranched alkanes of at least 4 members (excludes halogenated alkanes) is 31. The Bertz CT molecular complexity index is 889. The third-order valence-electron chi connectivity index (χ3n) is 10.3. The number of phosphoric ester groups is 1. The van der Waals surface area contributed by atoms with Gasteiger partial charge in [0.1, 0.15) is 6.61 Å². The standard InChI is InChI=1S/C45H87O8P/c1-3-5-7-9-11-13-15-17-19-21-22-24-26-28-30-32-34-36-38-40-45(47)53-43(42-52-54(48,49)50)41-51-44(46)39-37-35-33-31-29-27-25-23-20-18-16-14-12-10-8-6-4-2/h18,20,43H,3-17,19,21-42H2,1-2H3,(H2,48,49,50)/b20-18+/t43-/m1/s1. The number of rotatable bonds is 43. The molecule has 0 amide bonds. The van der Waals surface area contributed by atoms with E-state index in [1.54, 1.807) is 0 Å². The van der Waals surface area contributed by atoms with Crippen LogP contribution in [0.4, 0.5) is 0 Å². The molecule has 0 spiro atoms. The highest BCUT2D eigenvalue weighted by Gasteiger charge is 2.23. The third-order valence-corrected chi connectivity index (χ3v) is 10.8. The number of phosphoric acid groups is 1. The number of hydrogen-bond acceptors (Lipinski definition) is 6. The molecule has 54 heavy (non-hydrogen) atoms. The topological polar surface area (TPSA) is 119 Å². The maximum atomic E-state index is 12.4. The van der Waals surface area contributed by atoms with Gasteiger partial charge in [0.15, 0.2) is 6.10 Å². The summed E-state index contributed by atoms with van der Waals surface area (Å²) in [5.41, 5.74) is 0. The van der Waals surface area contributed by atoms with Crippen LogP contribution in [0.1, 0.15) is 245 Å². The Balaban J connectivity index is 3.84. The maximum Gasteiger partial charge on any atom is 0.469 e. The molecule has 0 aromatic carbocycles. The molecule has 0 rings (SSSR count). The zero-order valence-corrected chi connectivity index (χ0v) is 36.3. The van der Waals surface area contributed by atoms with Gasteiger partial charge in [0.2, 0.25) is 0 Å². The lowest BCUT2D eigenvalue weighted by Crippen LogP contribution is -2.29.